The lowest BCUT2D eigenvalue weighted by atomic mass is 10.0. The summed E-state index contributed by atoms with van der Waals surface area (Å²) in [6, 6.07) is 72.8. The number of benzene rings is 7. The molecule has 0 aliphatic rings. The second kappa shape index (κ2) is 21.4. The Morgan fingerprint density at radius 1 is 0.179 bits per heavy atom. The zero-order valence-corrected chi connectivity index (χ0v) is 44.6. The summed E-state index contributed by atoms with van der Waals surface area (Å²) in [5.41, 5.74) is 13.3. The summed E-state index contributed by atoms with van der Waals surface area (Å²) in [6.45, 7) is 0. The van der Waals surface area contributed by atoms with Crippen molar-refractivity contribution >= 4 is 0 Å². The van der Waals surface area contributed by atoms with Crippen LogP contribution in [-0.2, 0) is 0 Å². The van der Waals surface area contributed by atoms with E-state index < -0.39 is 0 Å². The predicted octanol–water partition coefficient (Wildman–Crippen LogP) is 15.7. The van der Waals surface area contributed by atoms with E-state index in [4.69, 9.17) is 0 Å². The van der Waals surface area contributed by atoms with E-state index in [1.54, 1.807) is 37.2 Å². The molecular weight excluding hydrogens is 1030 g/mol. The molecule has 0 saturated carbocycles. The molecule has 7 aromatic carbocycles. The third-order valence-electron chi connectivity index (χ3n) is 15.1. The molecule has 0 saturated heterocycles. The number of rotatable bonds is 12. The molecule has 0 radical (unpaired) electrons. The van der Waals surface area contributed by atoms with Gasteiger partial charge in [-0.3, -0.25) is 0 Å². The highest BCUT2D eigenvalue weighted by Crippen LogP contribution is 2.48. The van der Waals surface area contributed by atoms with Gasteiger partial charge in [-0.15, -0.1) is 0 Å². The number of hydrogen-bond donors (Lipinski definition) is 0. The van der Waals surface area contributed by atoms with Crippen LogP contribution >= 0.6 is 0 Å². The summed E-state index contributed by atoms with van der Waals surface area (Å²) in [6.07, 6.45) is 22.2. The SMILES string of the molecule is N#Cc1cn(-c2c(-n3cc(C#N)c(-c4ccccc4)c3)c(-n3cc(C#N)c(-c4ccccc4)c3)c(-n3cc(C#N)c(-c4ccccc4)c3)c(-n3cc(C#N)c(-c4ccccc4)c3)c2-n2cc(C#N)c(-c3ccccc3)c2)cc1-c1ccccc1. The van der Waals surface area contributed by atoms with Crippen molar-refractivity contribution in [2.45, 2.75) is 0 Å². The number of nitrogens with zero attached hydrogens (tertiary/aromatic N) is 12. The molecule has 0 spiro atoms. The molecule has 0 aliphatic heterocycles. The normalized spacial score (nSPS) is 10.8. The van der Waals surface area contributed by atoms with Crippen LogP contribution < -0.4 is 0 Å². The van der Waals surface area contributed by atoms with Crippen LogP contribution in [0.2, 0.25) is 0 Å². The van der Waals surface area contributed by atoms with Crippen molar-refractivity contribution < 1.29 is 0 Å². The van der Waals surface area contributed by atoms with Gasteiger partial charge in [0.2, 0.25) is 0 Å². The summed E-state index contributed by atoms with van der Waals surface area (Å²) in [5.74, 6) is 0. The maximum Gasteiger partial charge on any atom is 0.101 e. The molecule has 0 aliphatic carbocycles. The van der Waals surface area contributed by atoms with Crippen LogP contribution in [0, 0.1) is 68.0 Å². The molecule has 390 valence electrons. The minimum atomic E-state index is 0.352. The van der Waals surface area contributed by atoms with Crippen molar-refractivity contribution in [1.29, 1.82) is 31.6 Å². The van der Waals surface area contributed by atoms with Gasteiger partial charge in [-0.1, -0.05) is 182 Å². The van der Waals surface area contributed by atoms with Gasteiger partial charge in [-0.25, -0.2) is 0 Å². The molecule has 0 bridgehead atoms. The Kier molecular flexibility index (Phi) is 12.9. The first kappa shape index (κ1) is 50.7. The predicted molar refractivity (Wildman–Crippen MR) is 323 cm³/mol. The fourth-order valence-corrected chi connectivity index (χ4v) is 11.3. The van der Waals surface area contributed by atoms with E-state index >= 15 is 0 Å². The summed E-state index contributed by atoms with van der Waals surface area (Å²) >= 11 is 0. The number of nitriles is 6. The van der Waals surface area contributed by atoms with Gasteiger partial charge in [0.25, 0.3) is 0 Å². The third-order valence-corrected chi connectivity index (χ3v) is 15.1. The first-order chi connectivity index (χ1) is 41.4. The van der Waals surface area contributed by atoms with Gasteiger partial charge in [0, 0.05) is 108 Å². The molecule has 0 atom stereocenters. The van der Waals surface area contributed by atoms with Crippen molar-refractivity contribution in [3.63, 3.8) is 0 Å². The van der Waals surface area contributed by atoms with Gasteiger partial charge in [0.05, 0.1) is 67.5 Å². The molecule has 6 heterocycles. The van der Waals surface area contributed by atoms with Crippen LogP contribution in [0.1, 0.15) is 33.4 Å². The van der Waals surface area contributed by atoms with E-state index in [9.17, 15) is 31.6 Å². The second-order valence-corrected chi connectivity index (χ2v) is 19.9. The number of hydrogen-bond acceptors (Lipinski definition) is 6. The standard InChI is InChI=1S/C72H42N12/c73-31-55-37-79(43-61(55)49-19-7-1-8-20-49)67-68(80-38-56(32-74)62(44-80)50-21-9-2-10-22-50)70(82-40-58(34-76)64(46-82)52-25-13-4-14-26-52)72(84-42-60(36-78)66(48-84)54-29-17-6-18-30-54)71(83-41-59(35-77)65(47-83)53-27-15-5-16-28-53)69(67)81-39-57(33-75)63(45-81)51-23-11-3-12-24-51/h1-30,37-48H. The van der Waals surface area contributed by atoms with Gasteiger partial charge in [0.15, 0.2) is 0 Å². The van der Waals surface area contributed by atoms with E-state index in [0.717, 1.165) is 33.4 Å². The Morgan fingerprint density at radius 3 is 0.429 bits per heavy atom. The summed E-state index contributed by atoms with van der Waals surface area (Å²) in [5, 5.41) is 67.2. The summed E-state index contributed by atoms with van der Waals surface area (Å²) in [4.78, 5) is 0. The lowest BCUT2D eigenvalue weighted by Gasteiger charge is -2.29. The highest BCUT2D eigenvalue weighted by Gasteiger charge is 2.34. The van der Waals surface area contributed by atoms with E-state index in [1.807, 2.05) is 247 Å². The number of aromatic nitrogens is 6. The van der Waals surface area contributed by atoms with Gasteiger partial charge in [-0.05, 0) is 33.4 Å². The summed E-state index contributed by atoms with van der Waals surface area (Å²) < 4.78 is 11.5. The van der Waals surface area contributed by atoms with Crippen LogP contribution in [0.15, 0.2) is 256 Å². The van der Waals surface area contributed by atoms with E-state index in [-0.39, 0.29) is 0 Å². The van der Waals surface area contributed by atoms with Crippen molar-refractivity contribution in [2.75, 3.05) is 0 Å². The highest BCUT2D eigenvalue weighted by molar-refractivity contribution is 5.92. The lowest BCUT2D eigenvalue weighted by Crippen LogP contribution is -2.18. The Morgan fingerprint density at radius 2 is 0.310 bits per heavy atom. The minimum Gasteiger partial charge on any atom is -0.318 e. The molecule has 13 rings (SSSR count). The van der Waals surface area contributed by atoms with E-state index in [2.05, 4.69) is 36.4 Å². The molecule has 12 nitrogen and oxygen atoms in total. The molecule has 0 N–H and O–H groups in total. The molecule has 0 unspecified atom stereocenters. The fraction of sp³-hybridized carbons (Fsp3) is 0. The second-order valence-electron chi connectivity index (χ2n) is 19.9. The molecule has 0 fully saturated rings. The van der Waals surface area contributed by atoms with Crippen molar-refractivity contribution in [1.82, 2.24) is 27.4 Å². The maximum atomic E-state index is 11.2. The Labute approximate surface area is 483 Å². The van der Waals surface area contributed by atoms with Crippen molar-refractivity contribution in [3.8, 4) is 137 Å². The maximum absolute atomic E-state index is 11.2. The fourth-order valence-electron chi connectivity index (χ4n) is 11.3. The Bertz CT molecular complexity index is 4100. The molecule has 84 heavy (non-hydrogen) atoms. The molecular formula is C72H42N12. The largest absolute Gasteiger partial charge is 0.318 e. The Balaban J connectivity index is 1.32. The first-order valence-corrected chi connectivity index (χ1v) is 26.7. The van der Waals surface area contributed by atoms with Crippen molar-refractivity contribution in [3.05, 3.63) is 290 Å². The van der Waals surface area contributed by atoms with Crippen LogP contribution in [0.4, 0.5) is 0 Å². The quantitative estimate of drug-likeness (QED) is 0.118. The van der Waals surface area contributed by atoms with Crippen LogP contribution in [-0.4, -0.2) is 27.4 Å². The molecule has 6 aromatic heterocycles. The van der Waals surface area contributed by atoms with Gasteiger partial charge < -0.3 is 27.4 Å². The zero-order chi connectivity index (χ0) is 57.3. The monoisotopic (exact) mass is 1070 g/mol. The smallest absolute Gasteiger partial charge is 0.101 e. The van der Waals surface area contributed by atoms with E-state index in [1.165, 1.54) is 0 Å². The first-order valence-electron chi connectivity index (χ1n) is 26.7. The molecule has 13 aromatic rings. The van der Waals surface area contributed by atoms with Crippen LogP contribution in [0.25, 0.3) is 101 Å². The molecule has 12 heteroatoms. The Hall–Kier alpha value is -12.8. The van der Waals surface area contributed by atoms with Crippen molar-refractivity contribution in [2.24, 2.45) is 0 Å². The van der Waals surface area contributed by atoms with Crippen LogP contribution in [0.5, 0.6) is 0 Å². The topological polar surface area (TPSA) is 172 Å². The zero-order valence-electron chi connectivity index (χ0n) is 44.6. The van der Waals surface area contributed by atoms with Crippen LogP contribution in [0.3, 0.4) is 0 Å². The van der Waals surface area contributed by atoms with Gasteiger partial charge in [-0.2, -0.15) is 31.6 Å². The lowest BCUT2D eigenvalue weighted by molar-refractivity contribution is 0.889. The minimum absolute atomic E-state index is 0.352. The highest BCUT2D eigenvalue weighted by atomic mass is 15.2. The third kappa shape index (κ3) is 8.79. The summed E-state index contributed by atoms with van der Waals surface area (Å²) in [7, 11) is 0. The average molecular weight is 1080 g/mol. The molecule has 0 amide bonds. The average Bonchev–Trinajstić information content (AvgIpc) is 1.61. The van der Waals surface area contributed by atoms with Gasteiger partial charge in [0.1, 0.15) is 36.4 Å². The van der Waals surface area contributed by atoms with E-state index in [0.29, 0.717) is 101 Å². The van der Waals surface area contributed by atoms with Gasteiger partial charge >= 0.3 is 0 Å².